The molecular formula is C13H15N3O3. The van der Waals surface area contributed by atoms with Crippen molar-refractivity contribution < 1.29 is 14.3 Å². The summed E-state index contributed by atoms with van der Waals surface area (Å²) >= 11 is 0. The van der Waals surface area contributed by atoms with E-state index in [9.17, 15) is 4.79 Å². The van der Waals surface area contributed by atoms with Crippen LogP contribution in [0.2, 0.25) is 0 Å². The van der Waals surface area contributed by atoms with Crippen molar-refractivity contribution in [2.24, 2.45) is 5.41 Å². The van der Waals surface area contributed by atoms with Gasteiger partial charge in [0, 0.05) is 24.4 Å². The van der Waals surface area contributed by atoms with Crippen LogP contribution in [0.5, 0.6) is 0 Å². The molecule has 1 N–H and O–H groups in total. The van der Waals surface area contributed by atoms with Gasteiger partial charge in [0.15, 0.2) is 0 Å². The molecule has 0 atom stereocenters. The van der Waals surface area contributed by atoms with Gasteiger partial charge in [-0.1, -0.05) is 13.8 Å². The van der Waals surface area contributed by atoms with Crippen LogP contribution in [0.1, 0.15) is 26.2 Å². The highest BCUT2D eigenvalue weighted by Crippen LogP contribution is 2.26. The van der Waals surface area contributed by atoms with Crippen LogP contribution in [0, 0.1) is 5.41 Å². The fraction of sp³-hybridized carbons (Fsp3) is 0.385. The molecule has 6 nitrogen and oxygen atoms in total. The molecule has 0 aliphatic heterocycles. The zero-order valence-corrected chi connectivity index (χ0v) is 10.8. The predicted molar refractivity (Wildman–Crippen MR) is 67.3 cm³/mol. The van der Waals surface area contributed by atoms with Crippen LogP contribution in [0.15, 0.2) is 28.9 Å². The first-order chi connectivity index (χ1) is 8.96. The topological polar surface area (TPSA) is 89.1 Å². The fourth-order valence-electron chi connectivity index (χ4n) is 1.82. The van der Waals surface area contributed by atoms with Crippen LogP contribution in [0.3, 0.4) is 0 Å². The Morgan fingerprint density at radius 1 is 1.32 bits per heavy atom. The Hall–Kier alpha value is -2.24. The van der Waals surface area contributed by atoms with Gasteiger partial charge in [0.25, 0.3) is 0 Å². The first-order valence-electron chi connectivity index (χ1n) is 5.91. The molecule has 0 aromatic carbocycles. The van der Waals surface area contributed by atoms with Crippen molar-refractivity contribution in [1.82, 2.24) is 15.2 Å². The average Bonchev–Trinajstić information content (AvgIpc) is 2.76. The van der Waals surface area contributed by atoms with Crippen molar-refractivity contribution in [3.63, 3.8) is 0 Å². The standard InChI is InChI=1S/C13H15N3O3/c1-13(2,8-11(17)18)7-10-15-16-12(19-10)9-3-5-14-6-4-9/h3-6H,7-8H2,1-2H3,(H,17,18). The molecule has 19 heavy (non-hydrogen) atoms. The lowest BCUT2D eigenvalue weighted by Crippen LogP contribution is -2.19. The lowest BCUT2D eigenvalue weighted by atomic mass is 9.86. The number of carboxylic acids is 1. The second-order valence-electron chi connectivity index (χ2n) is 5.15. The van der Waals surface area contributed by atoms with Crippen LogP contribution in [0.25, 0.3) is 11.5 Å². The van der Waals surface area contributed by atoms with Crippen molar-refractivity contribution >= 4 is 5.97 Å². The Morgan fingerprint density at radius 2 is 2.00 bits per heavy atom. The zero-order valence-electron chi connectivity index (χ0n) is 10.8. The first-order valence-corrected chi connectivity index (χ1v) is 5.91. The average molecular weight is 261 g/mol. The SMILES string of the molecule is CC(C)(CC(=O)O)Cc1nnc(-c2ccncc2)o1. The Balaban J connectivity index is 2.12. The highest BCUT2D eigenvalue weighted by atomic mass is 16.4. The summed E-state index contributed by atoms with van der Waals surface area (Å²) in [6, 6.07) is 3.55. The third-order valence-electron chi connectivity index (χ3n) is 2.65. The largest absolute Gasteiger partial charge is 0.481 e. The van der Waals surface area contributed by atoms with E-state index in [-0.39, 0.29) is 6.42 Å². The Morgan fingerprint density at radius 3 is 2.63 bits per heavy atom. The molecule has 0 radical (unpaired) electrons. The summed E-state index contributed by atoms with van der Waals surface area (Å²) in [5.74, 6) is 0.0282. The third-order valence-corrected chi connectivity index (χ3v) is 2.65. The molecule has 2 rings (SSSR count). The van der Waals surface area contributed by atoms with Crippen molar-refractivity contribution in [2.75, 3.05) is 0 Å². The van der Waals surface area contributed by atoms with Gasteiger partial charge >= 0.3 is 5.97 Å². The smallest absolute Gasteiger partial charge is 0.303 e. The molecule has 2 heterocycles. The van der Waals surface area contributed by atoms with Gasteiger partial charge in [-0.2, -0.15) is 0 Å². The summed E-state index contributed by atoms with van der Waals surface area (Å²) in [5, 5.41) is 16.7. The summed E-state index contributed by atoms with van der Waals surface area (Å²) in [4.78, 5) is 14.7. The monoisotopic (exact) mass is 261 g/mol. The zero-order chi connectivity index (χ0) is 13.9. The molecule has 6 heteroatoms. The number of aliphatic carboxylic acids is 1. The number of hydrogen-bond donors (Lipinski definition) is 1. The van der Waals surface area contributed by atoms with Gasteiger partial charge in [0.1, 0.15) is 0 Å². The van der Waals surface area contributed by atoms with E-state index in [1.165, 1.54) is 0 Å². The minimum Gasteiger partial charge on any atom is -0.481 e. The van der Waals surface area contributed by atoms with Gasteiger partial charge in [-0.3, -0.25) is 9.78 Å². The molecule has 0 aliphatic rings. The van der Waals surface area contributed by atoms with E-state index in [0.29, 0.717) is 18.2 Å². The van der Waals surface area contributed by atoms with Gasteiger partial charge in [0.05, 0.1) is 6.42 Å². The number of rotatable bonds is 5. The molecule has 0 aliphatic carbocycles. The predicted octanol–water partition coefficient (Wildman–Crippen LogP) is 2.17. The maximum absolute atomic E-state index is 10.8. The molecule has 100 valence electrons. The Bertz CT molecular complexity index is 564. The minimum atomic E-state index is -0.834. The number of hydrogen-bond acceptors (Lipinski definition) is 5. The number of carbonyl (C=O) groups is 1. The second kappa shape index (κ2) is 5.17. The van der Waals surface area contributed by atoms with E-state index in [4.69, 9.17) is 9.52 Å². The number of carboxylic acid groups (broad SMARTS) is 1. The van der Waals surface area contributed by atoms with E-state index in [1.807, 2.05) is 13.8 Å². The Labute approximate surface area is 110 Å². The van der Waals surface area contributed by atoms with E-state index < -0.39 is 11.4 Å². The summed E-state index contributed by atoms with van der Waals surface area (Å²) in [7, 11) is 0. The quantitative estimate of drug-likeness (QED) is 0.887. The third kappa shape index (κ3) is 3.61. The van der Waals surface area contributed by atoms with Crippen molar-refractivity contribution in [2.45, 2.75) is 26.7 Å². The lowest BCUT2D eigenvalue weighted by molar-refractivity contribution is -0.139. The number of aromatic nitrogens is 3. The summed E-state index contributed by atoms with van der Waals surface area (Å²) in [6.45, 7) is 3.72. The first kappa shape index (κ1) is 13.2. The second-order valence-corrected chi connectivity index (χ2v) is 5.15. The van der Waals surface area contributed by atoms with E-state index in [0.717, 1.165) is 5.56 Å². The van der Waals surface area contributed by atoms with E-state index in [2.05, 4.69) is 15.2 Å². The molecule has 0 saturated carbocycles. The number of nitrogens with zero attached hydrogens (tertiary/aromatic N) is 3. The van der Waals surface area contributed by atoms with Crippen molar-refractivity contribution in [3.05, 3.63) is 30.4 Å². The number of pyridine rings is 1. The van der Waals surface area contributed by atoms with Crippen LogP contribution in [-0.2, 0) is 11.2 Å². The molecule has 0 unspecified atom stereocenters. The van der Waals surface area contributed by atoms with Gasteiger partial charge in [-0.25, -0.2) is 0 Å². The van der Waals surface area contributed by atoms with Gasteiger partial charge in [0.2, 0.25) is 11.8 Å². The lowest BCUT2D eigenvalue weighted by Gasteiger charge is -2.19. The molecule has 2 aromatic rings. The van der Waals surface area contributed by atoms with Crippen LogP contribution in [-0.4, -0.2) is 26.3 Å². The highest BCUT2D eigenvalue weighted by molar-refractivity contribution is 5.67. The van der Waals surface area contributed by atoms with Crippen LogP contribution >= 0.6 is 0 Å². The molecule has 0 fully saturated rings. The van der Waals surface area contributed by atoms with Gasteiger partial charge in [-0.15, -0.1) is 10.2 Å². The van der Waals surface area contributed by atoms with E-state index in [1.54, 1.807) is 24.5 Å². The summed E-state index contributed by atoms with van der Waals surface area (Å²) < 4.78 is 5.54. The fourth-order valence-corrected chi connectivity index (χ4v) is 1.82. The molecular weight excluding hydrogens is 246 g/mol. The van der Waals surface area contributed by atoms with Gasteiger partial charge in [-0.05, 0) is 17.5 Å². The maximum atomic E-state index is 10.8. The van der Waals surface area contributed by atoms with Crippen molar-refractivity contribution in [3.8, 4) is 11.5 Å². The molecule has 0 bridgehead atoms. The maximum Gasteiger partial charge on any atom is 0.303 e. The normalized spacial score (nSPS) is 11.5. The minimum absolute atomic E-state index is 0.0555. The van der Waals surface area contributed by atoms with Crippen LogP contribution in [0.4, 0.5) is 0 Å². The molecule has 0 amide bonds. The van der Waals surface area contributed by atoms with Crippen molar-refractivity contribution in [1.29, 1.82) is 0 Å². The van der Waals surface area contributed by atoms with Crippen LogP contribution < -0.4 is 0 Å². The molecule has 2 aromatic heterocycles. The van der Waals surface area contributed by atoms with E-state index >= 15 is 0 Å². The highest BCUT2D eigenvalue weighted by Gasteiger charge is 2.25. The molecule has 0 saturated heterocycles. The summed E-state index contributed by atoms with van der Waals surface area (Å²) in [6.07, 6.45) is 3.78. The Kier molecular flexibility index (Phi) is 3.59. The van der Waals surface area contributed by atoms with Gasteiger partial charge < -0.3 is 9.52 Å². The molecule has 0 spiro atoms. The summed E-state index contributed by atoms with van der Waals surface area (Å²) in [5.41, 5.74) is 0.373.